The van der Waals surface area contributed by atoms with Crippen molar-refractivity contribution in [3.8, 4) is 0 Å². The maximum absolute atomic E-state index is 5.76. The number of pyridine rings is 1. The topological polar surface area (TPSA) is 24.9 Å². The molecule has 1 N–H and O–H groups in total. The molecule has 0 spiro atoms. The summed E-state index contributed by atoms with van der Waals surface area (Å²) in [5.41, 5.74) is 0. The van der Waals surface area contributed by atoms with E-state index in [1.54, 1.807) is 18.0 Å². The molecule has 82 valence electrons. The zero-order valence-electron chi connectivity index (χ0n) is 8.74. The van der Waals surface area contributed by atoms with Crippen LogP contribution in [0, 0.1) is 0 Å². The highest BCUT2D eigenvalue weighted by Crippen LogP contribution is 2.21. The molecule has 1 rings (SSSR count). The molecule has 2 nitrogen and oxygen atoms in total. The van der Waals surface area contributed by atoms with E-state index in [-0.39, 0.29) is 0 Å². The van der Waals surface area contributed by atoms with Gasteiger partial charge in [-0.05, 0) is 12.1 Å². The summed E-state index contributed by atoms with van der Waals surface area (Å²) < 4.78 is 0. The van der Waals surface area contributed by atoms with Crippen LogP contribution in [-0.2, 0) is 0 Å². The van der Waals surface area contributed by atoms with Gasteiger partial charge >= 0.3 is 0 Å². The third-order valence-corrected chi connectivity index (χ3v) is 3.02. The maximum Gasteiger partial charge on any atom is 0.0964 e. The summed E-state index contributed by atoms with van der Waals surface area (Å²) in [6.07, 6.45) is 3.53. The first-order chi connectivity index (χ1) is 7.22. The van der Waals surface area contributed by atoms with Gasteiger partial charge in [-0.15, -0.1) is 18.3 Å². The summed E-state index contributed by atoms with van der Waals surface area (Å²) in [6.45, 7) is 7.61. The van der Waals surface area contributed by atoms with Crippen molar-refractivity contribution in [3.63, 3.8) is 0 Å². The lowest BCUT2D eigenvalue weighted by Gasteiger charge is -2.10. The first-order valence-corrected chi connectivity index (χ1v) is 6.08. The van der Waals surface area contributed by atoms with Gasteiger partial charge in [-0.1, -0.05) is 24.6 Å². The van der Waals surface area contributed by atoms with E-state index < -0.39 is 0 Å². The molecule has 1 aromatic heterocycles. The van der Waals surface area contributed by atoms with E-state index in [1.165, 1.54) is 0 Å². The minimum absolute atomic E-state index is 0.485. The fourth-order valence-corrected chi connectivity index (χ4v) is 2.05. The van der Waals surface area contributed by atoms with Crippen molar-refractivity contribution in [1.82, 2.24) is 10.3 Å². The van der Waals surface area contributed by atoms with Crippen LogP contribution in [0.5, 0.6) is 0 Å². The van der Waals surface area contributed by atoms with E-state index in [9.17, 15) is 0 Å². The van der Waals surface area contributed by atoms with Crippen molar-refractivity contribution in [2.24, 2.45) is 0 Å². The van der Waals surface area contributed by atoms with Crippen LogP contribution < -0.4 is 5.32 Å². The second-order valence-electron chi connectivity index (χ2n) is 3.19. The largest absolute Gasteiger partial charge is 0.312 e. The summed E-state index contributed by atoms with van der Waals surface area (Å²) in [4.78, 5) is 4.23. The normalized spacial score (nSPS) is 12.4. The Morgan fingerprint density at radius 1 is 1.67 bits per heavy atom. The lowest BCUT2D eigenvalue weighted by atomic mass is 10.4. The Bertz CT molecular complexity index is 300. The minimum Gasteiger partial charge on any atom is -0.312 e. The summed E-state index contributed by atoms with van der Waals surface area (Å²) in [5.74, 6) is 0. The van der Waals surface area contributed by atoms with Crippen LogP contribution in [0.4, 0.5) is 0 Å². The Morgan fingerprint density at radius 3 is 3.07 bits per heavy atom. The molecule has 0 aliphatic rings. The quantitative estimate of drug-likeness (QED) is 0.472. The van der Waals surface area contributed by atoms with Crippen molar-refractivity contribution in [2.75, 3.05) is 13.1 Å². The fraction of sp³-hybridized carbons (Fsp3) is 0.364. The standard InChI is InChI=1S/C11H15ClN2S/c1-3-6-13-7-9(2)15-11-5-4-10(12)8-14-11/h3-5,8-9,13H,1,6-7H2,2H3. The van der Waals surface area contributed by atoms with Crippen molar-refractivity contribution < 1.29 is 0 Å². The number of nitrogens with one attached hydrogen (secondary N) is 1. The first kappa shape index (κ1) is 12.6. The highest BCUT2D eigenvalue weighted by atomic mass is 35.5. The summed E-state index contributed by atoms with van der Waals surface area (Å²) >= 11 is 7.49. The Balaban J connectivity index is 2.34. The second-order valence-corrected chi connectivity index (χ2v) is 5.09. The summed E-state index contributed by atoms with van der Waals surface area (Å²) in [5, 5.41) is 5.44. The molecule has 0 amide bonds. The average Bonchev–Trinajstić information content (AvgIpc) is 2.22. The van der Waals surface area contributed by atoms with Gasteiger partial charge in [0.15, 0.2) is 0 Å². The monoisotopic (exact) mass is 242 g/mol. The number of nitrogens with zero attached hydrogens (tertiary/aromatic N) is 1. The smallest absolute Gasteiger partial charge is 0.0964 e. The zero-order valence-corrected chi connectivity index (χ0v) is 10.3. The molecule has 0 saturated carbocycles. The molecule has 4 heteroatoms. The van der Waals surface area contributed by atoms with Gasteiger partial charge in [0.1, 0.15) is 0 Å². The molecule has 1 aromatic rings. The molecule has 0 aliphatic heterocycles. The van der Waals surface area contributed by atoms with Crippen molar-refractivity contribution in [1.29, 1.82) is 0 Å². The number of thioether (sulfide) groups is 1. The second kappa shape index (κ2) is 6.88. The molecule has 0 radical (unpaired) electrons. The van der Waals surface area contributed by atoms with Gasteiger partial charge in [0.2, 0.25) is 0 Å². The number of hydrogen-bond donors (Lipinski definition) is 1. The molecule has 1 unspecified atom stereocenters. The average molecular weight is 243 g/mol. The molecule has 15 heavy (non-hydrogen) atoms. The molecular formula is C11H15ClN2S. The lowest BCUT2D eigenvalue weighted by Crippen LogP contribution is -2.22. The van der Waals surface area contributed by atoms with Crippen molar-refractivity contribution >= 4 is 23.4 Å². The van der Waals surface area contributed by atoms with E-state index in [0.29, 0.717) is 10.3 Å². The van der Waals surface area contributed by atoms with Crippen molar-refractivity contribution in [3.05, 3.63) is 36.0 Å². The lowest BCUT2D eigenvalue weighted by molar-refractivity contribution is 0.739. The molecule has 1 heterocycles. The number of aromatic nitrogens is 1. The third-order valence-electron chi connectivity index (χ3n) is 1.74. The number of halogens is 1. The van der Waals surface area contributed by atoms with Gasteiger partial charge in [-0.2, -0.15) is 0 Å². The van der Waals surface area contributed by atoms with Gasteiger partial charge in [0.05, 0.1) is 10.0 Å². The van der Waals surface area contributed by atoms with E-state index >= 15 is 0 Å². The SMILES string of the molecule is C=CCNCC(C)Sc1ccc(Cl)cn1. The zero-order chi connectivity index (χ0) is 11.1. The van der Waals surface area contributed by atoms with Crippen LogP contribution in [0.15, 0.2) is 36.0 Å². The molecule has 0 aliphatic carbocycles. The van der Waals surface area contributed by atoms with Crippen LogP contribution in [0.3, 0.4) is 0 Å². The first-order valence-electron chi connectivity index (χ1n) is 4.82. The molecule has 0 aromatic carbocycles. The van der Waals surface area contributed by atoms with Crippen LogP contribution in [0.25, 0.3) is 0 Å². The Hall–Kier alpha value is -0.510. The van der Waals surface area contributed by atoms with Gasteiger partial charge in [-0.25, -0.2) is 4.98 Å². The Morgan fingerprint density at radius 2 is 2.47 bits per heavy atom. The van der Waals surface area contributed by atoms with E-state index in [0.717, 1.165) is 18.1 Å². The predicted molar refractivity (Wildman–Crippen MR) is 67.6 cm³/mol. The van der Waals surface area contributed by atoms with Gasteiger partial charge in [0.25, 0.3) is 0 Å². The highest BCUT2D eigenvalue weighted by molar-refractivity contribution is 7.99. The maximum atomic E-state index is 5.76. The molecule has 0 fully saturated rings. The van der Waals surface area contributed by atoms with Crippen LogP contribution in [-0.4, -0.2) is 23.3 Å². The van der Waals surface area contributed by atoms with Gasteiger partial charge in [0, 0.05) is 24.5 Å². The van der Waals surface area contributed by atoms with Gasteiger partial charge < -0.3 is 5.32 Å². The molecule has 0 saturated heterocycles. The van der Waals surface area contributed by atoms with Crippen LogP contribution in [0.1, 0.15) is 6.92 Å². The number of rotatable bonds is 6. The molecular weight excluding hydrogens is 228 g/mol. The predicted octanol–water partition coefficient (Wildman–Crippen LogP) is 2.99. The van der Waals surface area contributed by atoms with Crippen molar-refractivity contribution in [2.45, 2.75) is 17.2 Å². The summed E-state index contributed by atoms with van der Waals surface area (Å²) in [6, 6.07) is 3.80. The Labute approximate surface area is 100 Å². The molecule has 1 atom stereocenters. The molecule has 0 bridgehead atoms. The fourth-order valence-electron chi connectivity index (χ4n) is 1.07. The van der Waals surface area contributed by atoms with Crippen LogP contribution in [0.2, 0.25) is 5.02 Å². The minimum atomic E-state index is 0.485. The third kappa shape index (κ3) is 5.21. The van der Waals surface area contributed by atoms with Crippen LogP contribution >= 0.6 is 23.4 Å². The number of hydrogen-bond acceptors (Lipinski definition) is 3. The Kier molecular flexibility index (Phi) is 5.76. The highest BCUT2D eigenvalue weighted by Gasteiger charge is 2.04. The summed E-state index contributed by atoms with van der Waals surface area (Å²) in [7, 11) is 0. The van der Waals surface area contributed by atoms with E-state index in [1.807, 2.05) is 18.2 Å². The van der Waals surface area contributed by atoms with E-state index in [4.69, 9.17) is 11.6 Å². The van der Waals surface area contributed by atoms with Gasteiger partial charge in [-0.3, -0.25) is 0 Å². The van der Waals surface area contributed by atoms with E-state index in [2.05, 4.69) is 23.8 Å².